The van der Waals surface area contributed by atoms with E-state index in [9.17, 15) is 19.5 Å². The Kier molecular flexibility index (Phi) is 7.99. The Balaban J connectivity index is 2.86. The molecule has 0 saturated carbocycles. The minimum absolute atomic E-state index is 0.0376. The van der Waals surface area contributed by atoms with E-state index in [1.165, 1.54) is 39.0 Å². The minimum atomic E-state index is -1.16. The number of carbonyl (C=O) groups is 3. The number of aliphatic carboxylic acids is 1. The number of carbonyl (C=O) groups excluding carboxylic acids is 2. The highest BCUT2D eigenvalue weighted by Crippen LogP contribution is 2.25. The van der Waals surface area contributed by atoms with Gasteiger partial charge >= 0.3 is 5.97 Å². The molecule has 0 aliphatic carbocycles. The molecule has 0 fully saturated rings. The van der Waals surface area contributed by atoms with Crippen molar-refractivity contribution in [3.05, 3.63) is 28.2 Å². The Morgan fingerprint density at radius 2 is 1.76 bits per heavy atom. The molecule has 0 bridgehead atoms. The molecule has 2 N–H and O–H groups in total. The van der Waals surface area contributed by atoms with Crippen LogP contribution in [0.1, 0.15) is 20.8 Å². The second-order valence-electron chi connectivity index (χ2n) is 5.39. The summed E-state index contributed by atoms with van der Waals surface area (Å²) < 4.78 is 5.54. The van der Waals surface area contributed by atoms with Crippen LogP contribution in [0.4, 0.5) is 0 Å². The summed E-state index contributed by atoms with van der Waals surface area (Å²) >= 11 is 11.8. The maximum absolute atomic E-state index is 12.6. The molecule has 7 nitrogen and oxygen atoms in total. The first kappa shape index (κ1) is 21.1. The van der Waals surface area contributed by atoms with Crippen LogP contribution in [0.5, 0.6) is 5.75 Å². The summed E-state index contributed by atoms with van der Waals surface area (Å²) in [4.78, 5) is 35.9. The molecule has 2 unspecified atom stereocenters. The fourth-order valence-electron chi connectivity index (χ4n) is 2.07. The lowest BCUT2D eigenvalue weighted by Crippen LogP contribution is -2.51. The van der Waals surface area contributed by atoms with Crippen molar-refractivity contribution in [3.8, 4) is 5.75 Å². The molecule has 0 aliphatic heterocycles. The zero-order valence-corrected chi connectivity index (χ0v) is 15.6. The summed E-state index contributed by atoms with van der Waals surface area (Å²) in [6, 6.07) is 3.45. The molecule has 9 heteroatoms. The fraction of sp³-hybridized carbons (Fsp3) is 0.438. The van der Waals surface area contributed by atoms with Crippen LogP contribution in [0.15, 0.2) is 18.2 Å². The van der Waals surface area contributed by atoms with E-state index in [1.807, 2.05) is 0 Å². The van der Waals surface area contributed by atoms with Gasteiger partial charge in [-0.25, -0.2) is 4.79 Å². The number of ether oxygens (including phenoxy) is 1. The second-order valence-corrected chi connectivity index (χ2v) is 6.27. The average molecular weight is 391 g/mol. The van der Waals surface area contributed by atoms with E-state index >= 15 is 0 Å². The van der Waals surface area contributed by atoms with Gasteiger partial charge in [0.05, 0.1) is 0 Å². The Bertz CT molecular complexity index is 633. The molecule has 0 aliphatic rings. The molecule has 0 radical (unpaired) electrons. The summed E-state index contributed by atoms with van der Waals surface area (Å²) in [6.45, 7) is 4.39. The van der Waals surface area contributed by atoms with Gasteiger partial charge in [0.25, 0.3) is 5.91 Å². The molecule has 1 rings (SSSR count). The monoisotopic (exact) mass is 390 g/mol. The van der Waals surface area contributed by atoms with Gasteiger partial charge in [0.15, 0.2) is 6.10 Å². The quantitative estimate of drug-likeness (QED) is 0.709. The van der Waals surface area contributed by atoms with E-state index in [4.69, 9.17) is 27.9 Å². The lowest BCUT2D eigenvalue weighted by molar-refractivity contribution is -0.152. The third-order valence-corrected chi connectivity index (χ3v) is 3.77. The highest BCUT2D eigenvalue weighted by atomic mass is 35.5. The van der Waals surface area contributed by atoms with E-state index in [2.05, 4.69) is 5.32 Å². The second kappa shape index (κ2) is 9.48. The molecule has 0 heterocycles. The van der Waals surface area contributed by atoms with E-state index in [-0.39, 0.29) is 19.0 Å². The van der Waals surface area contributed by atoms with Gasteiger partial charge in [-0.2, -0.15) is 0 Å². The summed E-state index contributed by atoms with van der Waals surface area (Å²) in [6.07, 6.45) is -0.964. The lowest BCUT2D eigenvalue weighted by atomic mass is 10.2. The van der Waals surface area contributed by atoms with Gasteiger partial charge in [-0.15, -0.1) is 0 Å². The third-order valence-electron chi connectivity index (χ3n) is 3.33. The van der Waals surface area contributed by atoms with E-state index < -0.39 is 24.0 Å². The number of hydrogen-bond acceptors (Lipinski definition) is 4. The first-order valence-electron chi connectivity index (χ1n) is 7.52. The highest BCUT2D eigenvalue weighted by molar-refractivity contribution is 6.34. The molecule has 0 spiro atoms. The van der Waals surface area contributed by atoms with Crippen LogP contribution in [0.25, 0.3) is 0 Å². The van der Waals surface area contributed by atoms with Crippen molar-refractivity contribution >= 4 is 41.0 Å². The van der Waals surface area contributed by atoms with Crippen LogP contribution < -0.4 is 10.1 Å². The van der Waals surface area contributed by atoms with Crippen molar-refractivity contribution in [2.75, 3.05) is 13.1 Å². The van der Waals surface area contributed by atoms with Crippen LogP contribution in [0, 0.1) is 0 Å². The first-order valence-corrected chi connectivity index (χ1v) is 8.28. The van der Waals surface area contributed by atoms with Crippen LogP contribution >= 0.6 is 23.2 Å². The summed E-state index contributed by atoms with van der Waals surface area (Å²) in [5.74, 6) is -1.66. The van der Waals surface area contributed by atoms with E-state index in [0.29, 0.717) is 15.8 Å². The van der Waals surface area contributed by atoms with Gasteiger partial charge in [0.1, 0.15) is 11.8 Å². The molecule has 1 aromatic rings. The summed E-state index contributed by atoms with van der Waals surface area (Å²) in [7, 11) is 0. The van der Waals surface area contributed by atoms with E-state index in [1.54, 1.807) is 0 Å². The minimum Gasteiger partial charge on any atom is -0.481 e. The van der Waals surface area contributed by atoms with Gasteiger partial charge in [0.2, 0.25) is 5.91 Å². The van der Waals surface area contributed by atoms with Gasteiger partial charge < -0.3 is 20.1 Å². The number of carboxylic acid groups (broad SMARTS) is 1. The normalized spacial score (nSPS) is 12.8. The van der Waals surface area contributed by atoms with Crippen molar-refractivity contribution in [1.29, 1.82) is 0 Å². The standard InChI is InChI=1S/C16H20Cl2N2O5/c1-9(16(23)24)20(5-4-19-11(3)21)15(22)10(2)25-14-7-12(17)6-13(18)8-14/h6-10H,4-5H2,1-3H3,(H,19,21)(H,23,24). The first-order chi connectivity index (χ1) is 11.6. The molecule has 2 amide bonds. The Morgan fingerprint density at radius 3 is 2.24 bits per heavy atom. The van der Waals surface area contributed by atoms with Crippen molar-refractivity contribution in [1.82, 2.24) is 10.2 Å². The molecule has 25 heavy (non-hydrogen) atoms. The van der Waals surface area contributed by atoms with Crippen LogP contribution in [-0.4, -0.2) is 53.0 Å². The van der Waals surface area contributed by atoms with Gasteiger partial charge in [-0.1, -0.05) is 23.2 Å². The van der Waals surface area contributed by atoms with Crippen LogP contribution in [0.2, 0.25) is 10.0 Å². The zero-order valence-electron chi connectivity index (χ0n) is 14.1. The van der Waals surface area contributed by atoms with Gasteiger partial charge in [-0.3, -0.25) is 9.59 Å². The topological polar surface area (TPSA) is 95.9 Å². The number of amides is 2. The zero-order chi connectivity index (χ0) is 19.1. The number of halogens is 2. The molecular formula is C16H20Cl2N2O5. The van der Waals surface area contributed by atoms with Crippen molar-refractivity contribution < 1.29 is 24.2 Å². The highest BCUT2D eigenvalue weighted by Gasteiger charge is 2.29. The number of hydrogen-bond donors (Lipinski definition) is 2. The maximum Gasteiger partial charge on any atom is 0.326 e. The summed E-state index contributed by atoms with van der Waals surface area (Å²) in [5.41, 5.74) is 0. The summed E-state index contributed by atoms with van der Waals surface area (Å²) in [5, 5.41) is 12.4. The lowest BCUT2D eigenvalue weighted by Gasteiger charge is -2.29. The molecule has 0 saturated heterocycles. The van der Waals surface area contributed by atoms with Crippen molar-refractivity contribution in [2.24, 2.45) is 0 Å². The SMILES string of the molecule is CC(=O)NCCN(C(=O)C(C)Oc1cc(Cl)cc(Cl)c1)C(C)C(=O)O. The molecule has 2 atom stereocenters. The average Bonchev–Trinajstić information content (AvgIpc) is 2.48. The number of nitrogens with one attached hydrogen (secondary N) is 1. The number of benzene rings is 1. The van der Waals surface area contributed by atoms with E-state index in [0.717, 1.165) is 4.90 Å². The third kappa shape index (κ3) is 6.80. The molecule has 1 aromatic carbocycles. The molecule has 0 aromatic heterocycles. The number of rotatable bonds is 8. The molecule has 138 valence electrons. The number of nitrogens with zero attached hydrogens (tertiary/aromatic N) is 1. The number of carboxylic acids is 1. The predicted octanol–water partition coefficient (Wildman–Crippen LogP) is 2.20. The van der Waals surface area contributed by atoms with Crippen molar-refractivity contribution in [3.63, 3.8) is 0 Å². The van der Waals surface area contributed by atoms with Crippen LogP contribution in [0.3, 0.4) is 0 Å². The Morgan fingerprint density at radius 1 is 1.20 bits per heavy atom. The Labute approximate surface area is 155 Å². The largest absolute Gasteiger partial charge is 0.481 e. The predicted molar refractivity (Wildman–Crippen MR) is 94.0 cm³/mol. The fourth-order valence-corrected chi connectivity index (χ4v) is 2.57. The smallest absolute Gasteiger partial charge is 0.326 e. The van der Waals surface area contributed by atoms with Crippen LogP contribution in [-0.2, 0) is 14.4 Å². The van der Waals surface area contributed by atoms with Gasteiger partial charge in [-0.05, 0) is 32.0 Å². The molecular weight excluding hydrogens is 371 g/mol. The van der Waals surface area contributed by atoms with Crippen molar-refractivity contribution in [2.45, 2.75) is 32.9 Å². The van der Waals surface area contributed by atoms with Gasteiger partial charge in [0, 0.05) is 30.1 Å². The Hall–Kier alpha value is -1.99. The maximum atomic E-state index is 12.6.